The summed E-state index contributed by atoms with van der Waals surface area (Å²) in [5.74, 6) is 1.48. The Morgan fingerprint density at radius 2 is 2.07 bits per heavy atom. The largest absolute Gasteiger partial charge is 0.342 e. The van der Waals surface area contributed by atoms with Crippen LogP contribution in [0.25, 0.3) is 11.0 Å². The number of benzene rings is 2. The van der Waals surface area contributed by atoms with E-state index in [0.717, 1.165) is 48.5 Å². The number of imidazole rings is 1. The lowest BCUT2D eigenvalue weighted by Crippen LogP contribution is -2.38. The highest BCUT2D eigenvalue weighted by Crippen LogP contribution is 2.28. The number of aromatic amines is 1. The van der Waals surface area contributed by atoms with Crippen molar-refractivity contribution in [1.29, 1.82) is 0 Å². The Balaban J connectivity index is 1.32. The molecule has 1 aliphatic rings. The molecule has 1 amide bonds. The molecule has 4 rings (SSSR count). The van der Waals surface area contributed by atoms with E-state index < -0.39 is 0 Å². The molecule has 0 atom stereocenters. The molecule has 0 saturated carbocycles. The van der Waals surface area contributed by atoms with Gasteiger partial charge in [-0.25, -0.2) is 4.98 Å². The molecule has 0 aliphatic carbocycles. The van der Waals surface area contributed by atoms with Gasteiger partial charge < -0.3 is 10.3 Å². The highest BCUT2D eigenvalue weighted by atomic mass is 35.5. The van der Waals surface area contributed by atoms with Gasteiger partial charge in [0.2, 0.25) is 5.91 Å². The average Bonchev–Trinajstić information content (AvgIpc) is 3.05. The van der Waals surface area contributed by atoms with Crippen LogP contribution in [0, 0.1) is 6.92 Å². The zero-order valence-electron chi connectivity index (χ0n) is 15.3. The number of piperidine rings is 1. The zero-order valence-corrected chi connectivity index (χ0v) is 16.1. The summed E-state index contributed by atoms with van der Waals surface area (Å²) in [6, 6.07) is 13.5. The monoisotopic (exact) mass is 382 g/mol. The first-order chi connectivity index (χ1) is 13.1. The Morgan fingerprint density at radius 3 is 2.85 bits per heavy atom. The van der Waals surface area contributed by atoms with Crippen molar-refractivity contribution in [3.05, 3.63) is 58.9 Å². The van der Waals surface area contributed by atoms with Crippen molar-refractivity contribution < 1.29 is 4.79 Å². The number of amides is 1. The van der Waals surface area contributed by atoms with Crippen LogP contribution in [-0.2, 0) is 4.79 Å². The molecule has 2 heterocycles. The number of carbonyl (C=O) groups excluding carboxylic acids is 1. The standard InChI is InChI=1S/C21H23ClN4O/c1-14-5-6-18-19(11-14)25-21(24-18)15-7-9-26(10-8-15)13-20(27)23-17-4-2-3-16(22)12-17/h2-6,11-12,15H,7-10,13H2,1H3,(H,23,27)(H,24,25). The van der Waals surface area contributed by atoms with Gasteiger partial charge in [-0.1, -0.05) is 23.7 Å². The number of fused-ring (bicyclic) bond motifs is 1. The number of nitrogens with zero attached hydrogens (tertiary/aromatic N) is 2. The molecule has 6 heteroatoms. The number of carbonyl (C=O) groups is 1. The highest BCUT2D eigenvalue weighted by molar-refractivity contribution is 6.30. The second-order valence-corrected chi connectivity index (χ2v) is 7.69. The van der Waals surface area contributed by atoms with E-state index in [-0.39, 0.29) is 5.91 Å². The molecule has 1 aromatic heterocycles. The van der Waals surface area contributed by atoms with E-state index in [4.69, 9.17) is 16.6 Å². The molecule has 1 fully saturated rings. The predicted molar refractivity (Wildman–Crippen MR) is 109 cm³/mol. The van der Waals surface area contributed by atoms with Crippen molar-refractivity contribution in [3.8, 4) is 0 Å². The van der Waals surface area contributed by atoms with Gasteiger partial charge in [-0.05, 0) is 68.8 Å². The lowest BCUT2D eigenvalue weighted by atomic mass is 9.96. The molecule has 0 unspecified atom stereocenters. The molecule has 5 nitrogen and oxygen atoms in total. The van der Waals surface area contributed by atoms with E-state index in [1.165, 1.54) is 5.56 Å². The molecule has 27 heavy (non-hydrogen) atoms. The zero-order chi connectivity index (χ0) is 18.8. The quantitative estimate of drug-likeness (QED) is 0.705. The Labute approximate surface area is 163 Å². The van der Waals surface area contributed by atoms with Gasteiger partial charge in [-0.2, -0.15) is 0 Å². The van der Waals surface area contributed by atoms with Crippen LogP contribution < -0.4 is 5.32 Å². The summed E-state index contributed by atoms with van der Waals surface area (Å²) in [6.45, 7) is 4.28. The normalized spacial score (nSPS) is 15.9. The Bertz CT molecular complexity index is 960. The maximum absolute atomic E-state index is 12.3. The summed E-state index contributed by atoms with van der Waals surface area (Å²) in [7, 11) is 0. The van der Waals surface area contributed by atoms with Crippen molar-refractivity contribution in [2.24, 2.45) is 0 Å². The summed E-state index contributed by atoms with van der Waals surface area (Å²) in [4.78, 5) is 22.7. The Hall–Kier alpha value is -2.37. The van der Waals surface area contributed by atoms with E-state index in [1.807, 2.05) is 12.1 Å². The second kappa shape index (κ2) is 7.71. The van der Waals surface area contributed by atoms with Gasteiger partial charge in [0, 0.05) is 16.6 Å². The van der Waals surface area contributed by atoms with Crippen LogP contribution >= 0.6 is 11.6 Å². The summed E-state index contributed by atoms with van der Waals surface area (Å²) in [5.41, 5.74) is 4.10. The number of anilines is 1. The van der Waals surface area contributed by atoms with Gasteiger partial charge in [-0.15, -0.1) is 0 Å². The molecule has 140 valence electrons. The van der Waals surface area contributed by atoms with Crippen molar-refractivity contribution in [1.82, 2.24) is 14.9 Å². The number of aromatic nitrogens is 2. The Morgan fingerprint density at radius 1 is 1.26 bits per heavy atom. The fourth-order valence-electron chi connectivity index (χ4n) is 3.67. The fraction of sp³-hybridized carbons (Fsp3) is 0.333. The van der Waals surface area contributed by atoms with Crippen LogP contribution in [-0.4, -0.2) is 40.4 Å². The summed E-state index contributed by atoms with van der Waals surface area (Å²) in [5, 5.41) is 3.53. The third-order valence-electron chi connectivity index (χ3n) is 5.11. The molecular weight excluding hydrogens is 360 g/mol. The molecule has 3 aromatic rings. The number of nitrogens with one attached hydrogen (secondary N) is 2. The maximum Gasteiger partial charge on any atom is 0.238 e. The van der Waals surface area contributed by atoms with Crippen LogP contribution in [0.2, 0.25) is 5.02 Å². The molecule has 1 aliphatic heterocycles. The number of hydrogen-bond donors (Lipinski definition) is 2. The highest BCUT2D eigenvalue weighted by Gasteiger charge is 2.24. The summed E-state index contributed by atoms with van der Waals surface area (Å²) < 4.78 is 0. The molecule has 1 saturated heterocycles. The van der Waals surface area contributed by atoms with Gasteiger partial charge in [-0.3, -0.25) is 9.69 Å². The van der Waals surface area contributed by atoms with Gasteiger partial charge in [0.05, 0.1) is 17.6 Å². The molecule has 2 aromatic carbocycles. The molecular formula is C21H23ClN4O. The lowest BCUT2D eigenvalue weighted by molar-refractivity contribution is -0.117. The number of rotatable bonds is 4. The van der Waals surface area contributed by atoms with E-state index in [9.17, 15) is 4.79 Å². The van der Waals surface area contributed by atoms with Crippen LogP contribution in [0.5, 0.6) is 0 Å². The minimum Gasteiger partial charge on any atom is -0.342 e. The first kappa shape index (κ1) is 18.0. The van der Waals surface area contributed by atoms with Crippen molar-refractivity contribution in [2.45, 2.75) is 25.7 Å². The summed E-state index contributed by atoms with van der Waals surface area (Å²) >= 11 is 5.96. The third-order valence-corrected chi connectivity index (χ3v) is 5.34. The second-order valence-electron chi connectivity index (χ2n) is 7.25. The van der Waals surface area contributed by atoms with Gasteiger partial charge in [0.1, 0.15) is 5.82 Å². The SMILES string of the molecule is Cc1ccc2nc(C3CCN(CC(=O)Nc4cccc(Cl)c4)CC3)[nH]c2c1. The van der Waals surface area contributed by atoms with Crippen molar-refractivity contribution in [2.75, 3.05) is 25.0 Å². The van der Waals surface area contributed by atoms with Crippen LogP contribution in [0.4, 0.5) is 5.69 Å². The molecule has 2 N–H and O–H groups in total. The predicted octanol–water partition coefficient (Wildman–Crippen LogP) is 4.34. The van der Waals surface area contributed by atoms with Crippen molar-refractivity contribution >= 4 is 34.2 Å². The first-order valence-electron chi connectivity index (χ1n) is 9.31. The summed E-state index contributed by atoms with van der Waals surface area (Å²) in [6.07, 6.45) is 2.01. The van der Waals surface area contributed by atoms with E-state index in [0.29, 0.717) is 17.5 Å². The smallest absolute Gasteiger partial charge is 0.238 e. The molecule has 0 spiro atoms. The molecule has 0 bridgehead atoms. The van der Waals surface area contributed by atoms with Crippen molar-refractivity contribution in [3.63, 3.8) is 0 Å². The Kier molecular flexibility index (Phi) is 5.14. The maximum atomic E-state index is 12.3. The van der Waals surface area contributed by atoms with E-state index in [2.05, 4.69) is 40.3 Å². The van der Waals surface area contributed by atoms with Crippen LogP contribution in [0.1, 0.15) is 30.1 Å². The third kappa shape index (κ3) is 4.31. The van der Waals surface area contributed by atoms with Crippen LogP contribution in [0.3, 0.4) is 0 Å². The number of H-pyrrole nitrogens is 1. The minimum atomic E-state index is -0.00470. The number of likely N-dealkylation sites (tertiary alicyclic amines) is 1. The van der Waals surface area contributed by atoms with E-state index in [1.54, 1.807) is 12.1 Å². The average molecular weight is 383 g/mol. The molecule has 0 radical (unpaired) electrons. The minimum absolute atomic E-state index is 0.00470. The lowest BCUT2D eigenvalue weighted by Gasteiger charge is -2.30. The van der Waals surface area contributed by atoms with E-state index >= 15 is 0 Å². The topological polar surface area (TPSA) is 61.0 Å². The van der Waals surface area contributed by atoms with Gasteiger partial charge in [0.25, 0.3) is 0 Å². The van der Waals surface area contributed by atoms with Crippen LogP contribution in [0.15, 0.2) is 42.5 Å². The first-order valence-corrected chi connectivity index (χ1v) is 9.69. The van der Waals surface area contributed by atoms with Gasteiger partial charge in [0.15, 0.2) is 0 Å². The van der Waals surface area contributed by atoms with Gasteiger partial charge >= 0.3 is 0 Å². The number of hydrogen-bond acceptors (Lipinski definition) is 3. The fourth-order valence-corrected chi connectivity index (χ4v) is 3.86. The number of aryl methyl sites for hydroxylation is 1. The number of halogens is 1.